The van der Waals surface area contributed by atoms with Crippen molar-refractivity contribution in [2.45, 2.75) is 22.3 Å². The Bertz CT molecular complexity index is 1390. The number of aromatic nitrogens is 4. The van der Waals surface area contributed by atoms with Crippen molar-refractivity contribution in [2.24, 2.45) is 7.05 Å². The van der Waals surface area contributed by atoms with Gasteiger partial charge >= 0.3 is 12.0 Å². The molecule has 3 heterocycles. The second kappa shape index (κ2) is 11.9. The zero-order chi connectivity index (χ0) is 29.0. The van der Waals surface area contributed by atoms with Gasteiger partial charge in [-0.3, -0.25) is 14.5 Å². The lowest BCUT2D eigenvalue weighted by Gasteiger charge is -2.56. The smallest absolute Gasteiger partial charge is 0.352 e. The maximum atomic E-state index is 13.6. The Hall–Kier alpha value is -4.14. The molecule has 40 heavy (non-hydrogen) atoms. The van der Waals surface area contributed by atoms with Gasteiger partial charge in [0.25, 0.3) is 11.6 Å². The first-order chi connectivity index (χ1) is 19.1. The number of hydrogen-bond donors (Lipinski definition) is 3. The Morgan fingerprint density at radius 1 is 1.38 bits per heavy atom. The number of fused-ring (bicyclic) bond motifs is 1. The molecule has 0 spiro atoms. The zero-order valence-electron chi connectivity index (χ0n) is 21.6. The van der Waals surface area contributed by atoms with Gasteiger partial charge in [-0.05, 0) is 21.6 Å². The molecule has 17 heteroatoms. The first kappa shape index (κ1) is 28.9. The number of carbonyl (C=O) groups is 4. The molecule has 1 saturated heterocycles. The van der Waals surface area contributed by atoms with E-state index in [1.807, 2.05) is 6.07 Å². The number of carbonyl (C=O) groups excluding carboxylic acids is 3. The summed E-state index contributed by atoms with van der Waals surface area (Å²) in [4.78, 5) is 54.2. The minimum Gasteiger partial charge on any atom is -0.477 e. The molecule has 0 saturated carbocycles. The maximum absolute atomic E-state index is 13.6. The third kappa shape index (κ3) is 5.33. The summed E-state index contributed by atoms with van der Waals surface area (Å²) < 4.78 is 6.99. The molecule has 0 aliphatic carbocycles. The average molecular weight is 588 g/mol. The fraction of sp³-hybridized carbons (Fsp3) is 0.391. The summed E-state index contributed by atoms with van der Waals surface area (Å²) in [7, 11) is 4.29. The molecule has 1 aromatic carbocycles. The third-order valence-electron chi connectivity index (χ3n) is 6.22. The van der Waals surface area contributed by atoms with E-state index < -0.39 is 41.0 Å². The molecule has 2 aromatic rings. The summed E-state index contributed by atoms with van der Waals surface area (Å²) in [6.07, 6.45) is 0. The summed E-state index contributed by atoms with van der Waals surface area (Å²) in [5.74, 6) is -2.34. The van der Waals surface area contributed by atoms with E-state index in [9.17, 15) is 24.3 Å². The second-order valence-corrected chi connectivity index (χ2v) is 10.7. The highest BCUT2D eigenvalue weighted by Gasteiger charge is 2.67. The molecule has 2 unspecified atom stereocenters. The van der Waals surface area contributed by atoms with Crippen LogP contribution in [0.4, 0.5) is 4.79 Å². The highest BCUT2D eigenvalue weighted by Crippen LogP contribution is 2.47. The highest BCUT2D eigenvalue weighted by atomic mass is 32.2. The topological polar surface area (TPSA) is 196 Å². The summed E-state index contributed by atoms with van der Waals surface area (Å²) in [5, 5.41) is 34.9. The number of nitrogens with zero attached hydrogens (tertiary/aromatic N) is 7. The second-order valence-electron chi connectivity index (χ2n) is 8.71. The van der Waals surface area contributed by atoms with Crippen LogP contribution in [-0.4, -0.2) is 102 Å². The van der Waals surface area contributed by atoms with E-state index in [0.717, 1.165) is 9.80 Å². The Labute approximate surface area is 236 Å². The summed E-state index contributed by atoms with van der Waals surface area (Å²) in [5.41, 5.74) is -1.15. The van der Waals surface area contributed by atoms with Crippen LogP contribution in [0.15, 0.2) is 46.8 Å². The number of ether oxygens (including phenoxy) is 1. The number of nitrogens with one attached hydrogen (secondary N) is 2. The number of methoxy groups -OCH3 is 1. The van der Waals surface area contributed by atoms with Crippen molar-refractivity contribution < 1.29 is 29.0 Å². The van der Waals surface area contributed by atoms with Gasteiger partial charge in [-0.25, -0.2) is 14.3 Å². The van der Waals surface area contributed by atoms with E-state index in [4.69, 9.17) is 10.00 Å². The first-order valence-corrected chi connectivity index (χ1v) is 13.7. The molecule has 15 nitrogen and oxygen atoms in total. The van der Waals surface area contributed by atoms with Crippen molar-refractivity contribution in [2.75, 3.05) is 32.2 Å². The lowest BCUT2D eigenvalue weighted by atomic mass is 9.97. The quantitative estimate of drug-likeness (QED) is 0.145. The number of aliphatic carboxylic acids is 1. The van der Waals surface area contributed by atoms with E-state index in [1.165, 1.54) is 42.4 Å². The molecule has 3 N–H and O–H groups in total. The summed E-state index contributed by atoms with van der Waals surface area (Å²) >= 11 is 2.46. The number of amides is 4. The van der Waals surface area contributed by atoms with Crippen LogP contribution in [0.1, 0.15) is 11.6 Å². The number of carboxylic acids is 1. The van der Waals surface area contributed by atoms with Crippen LogP contribution in [0, 0.1) is 11.3 Å². The standard InChI is InChI=1S/C23H25N9O6S2/c1-30(10-9-24)21(37)25-15(13-7-5-4-6-8-13)17(33)26-23(38-3)19(36)32-16(18(34)35)14(11-39-20(23)32)12-40-22-27-28-29-31(22)2/h4-8,15,20H,10-12H2,1-3H3,(H,25,37)(H,26,33)(H,34,35)/t15?,20?,23-/m0/s1. The number of urea groups is 1. The minimum absolute atomic E-state index is 0.190. The van der Waals surface area contributed by atoms with Gasteiger partial charge in [0.2, 0.25) is 11.1 Å². The van der Waals surface area contributed by atoms with Crippen LogP contribution in [0.3, 0.4) is 0 Å². The van der Waals surface area contributed by atoms with E-state index in [2.05, 4.69) is 26.2 Å². The van der Waals surface area contributed by atoms with Gasteiger partial charge in [0.15, 0.2) is 0 Å². The number of rotatable bonds is 10. The number of aryl methyl sites for hydroxylation is 1. The largest absolute Gasteiger partial charge is 0.477 e. The van der Waals surface area contributed by atoms with Gasteiger partial charge in [-0.15, -0.1) is 16.9 Å². The Balaban J connectivity index is 1.57. The number of thioether (sulfide) groups is 2. The van der Waals surface area contributed by atoms with E-state index >= 15 is 0 Å². The lowest BCUT2D eigenvalue weighted by Crippen LogP contribution is -2.81. The third-order valence-corrected chi connectivity index (χ3v) is 8.69. The van der Waals surface area contributed by atoms with Crippen molar-refractivity contribution in [3.05, 3.63) is 47.2 Å². The molecule has 2 aliphatic rings. The molecule has 0 radical (unpaired) electrons. The normalized spacial score (nSPS) is 20.6. The van der Waals surface area contributed by atoms with E-state index in [0.29, 0.717) is 16.3 Å². The van der Waals surface area contributed by atoms with Crippen molar-refractivity contribution >= 4 is 47.3 Å². The number of tetrazole rings is 1. The molecule has 4 rings (SSSR count). The van der Waals surface area contributed by atoms with E-state index in [1.54, 1.807) is 37.4 Å². The lowest BCUT2D eigenvalue weighted by molar-refractivity contribution is -0.192. The molecular formula is C23H25N9O6S2. The van der Waals surface area contributed by atoms with Crippen LogP contribution in [0.5, 0.6) is 0 Å². The van der Waals surface area contributed by atoms with Crippen molar-refractivity contribution in [1.29, 1.82) is 5.26 Å². The number of hydrogen-bond acceptors (Lipinski definition) is 11. The molecule has 0 bridgehead atoms. The van der Waals surface area contributed by atoms with Crippen molar-refractivity contribution in [3.8, 4) is 6.07 Å². The van der Waals surface area contributed by atoms with Gasteiger partial charge in [-0.2, -0.15) is 5.26 Å². The van der Waals surface area contributed by atoms with E-state index in [-0.39, 0.29) is 23.7 Å². The van der Waals surface area contributed by atoms with Crippen molar-refractivity contribution in [3.63, 3.8) is 0 Å². The SMILES string of the molecule is CO[C@@]1(NC(=O)C(NC(=O)N(C)CC#N)c2ccccc2)C(=O)N2C(C(=O)O)=C(CSc3nnnn3C)CSC21. The fourth-order valence-corrected chi connectivity index (χ4v) is 6.59. The molecular weight excluding hydrogens is 562 g/mol. The van der Waals surface area contributed by atoms with Crippen LogP contribution in [0.2, 0.25) is 0 Å². The van der Waals surface area contributed by atoms with Crippen LogP contribution in [-0.2, 0) is 26.2 Å². The number of benzene rings is 1. The van der Waals surface area contributed by atoms with Crippen LogP contribution >= 0.6 is 23.5 Å². The fourth-order valence-electron chi connectivity index (χ4n) is 4.16. The van der Waals surface area contributed by atoms with Crippen LogP contribution in [0.25, 0.3) is 0 Å². The van der Waals surface area contributed by atoms with Crippen LogP contribution < -0.4 is 10.6 Å². The van der Waals surface area contributed by atoms with Gasteiger partial charge in [-0.1, -0.05) is 42.1 Å². The predicted octanol–water partition coefficient (Wildman–Crippen LogP) is -0.0788. The number of nitriles is 1. The molecule has 2 aliphatic heterocycles. The van der Waals surface area contributed by atoms with Gasteiger partial charge in [0.05, 0.1) is 6.07 Å². The summed E-state index contributed by atoms with van der Waals surface area (Å²) in [6, 6.07) is 8.29. The number of carboxylic acid groups (broad SMARTS) is 1. The van der Waals surface area contributed by atoms with Gasteiger partial charge in [0, 0.05) is 32.7 Å². The first-order valence-electron chi connectivity index (χ1n) is 11.7. The van der Waals surface area contributed by atoms with Gasteiger partial charge < -0.3 is 25.4 Å². The van der Waals surface area contributed by atoms with Gasteiger partial charge in [0.1, 0.15) is 23.7 Å². The molecule has 1 aromatic heterocycles. The Morgan fingerprint density at radius 3 is 2.70 bits per heavy atom. The average Bonchev–Trinajstić information content (AvgIpc) is 3.37. The predicted molar refractivity (Wildman–Crippen MR) is 141 cm³/mol. The Kier molecular flexibility index (Phi) is 8.61. The highest BCUT2D eigenvalue weighted by molar-refractivity contribution is 8.01. The number of β-lactam (4-membered cyclic amide) rings is 1. The molecule has 210 valence electrons. The molecule has 4 amide bonds. The Morgan fingerprint density at radius 2 is 2.10 bits per heavy atom. The monoisotopic (exact) mass is 587 g/mol. The summed E-state index contributed by atoms with van der Waals surface area (Å²) in [6.45, 7) is -0.207. The maximum Gasteiger partial charge on any atom is 0.352 e. The minimum atomic E-state index is -1.87. The zero-order valence-corrected chi connectivity index (χ0v) is 23.2. The van der Waals surface area contributed by atoms with Crippen molar-refractivity contribution in [1.82, 2.24) is 40.6 Å². The molecule has 1 fully saturated rings. The molecule has 3 atom stereocenters.